The van der Waals surface area contributed by atoms with E-state index in [0.717, 1.165) is 17.0 Å². The summed E-state index contributed by atoms with van der Waals surface area (Å²) in [6.45, 7) is 0.454. The van der Waals surface area contributed by atoms with Crippen molar-refractivity contribution < 1.29 is 34.5 Å². The number of hydrogen-bond acceptors (Lipinski definition) is 8. The summed E-state index contributed by atoms with van der Waals surface area (Å²) in [5.41, 5.74) is 8.92. The van der Waals surface area contributed by atoms with E-state index in [4.69, 9.17) is 26.5 Å². The minimum atomic E-state index is -1.26. The molecule has 0 unspecified atom stereocenters. The summed E-state index contributed by atoms with van der Waals surface area (Å²) in [7, 11) is 1.90. The first kappa shape index (κ1) is 31.5. The highest BCUT2D eigenvalue weighted by atomic mass is 16.4. The molecule has 0 radical (unpaired) electrons. The van der Waals surface area contributed by atoms with Gasteiger partial charge in [-0.15, -0.1) is 0 Å². The van der Waals surface area contributed by atoms with Gasteiger partial charge < -0.3 is 30.9 Å². The fourth-order valence-electron chi connectivity index (χ4n) is 3.83. The van der Waals surface area contributed by atoms with Crippen LogP contribution in [0.5, 0.6) is 0 Å². The first-order valence-electron chi connectivity index (χ1n) is 12.7. The van der Waals surface area contributed by atoms with Gasteiger partial charge in [-0.05, 0) is 54.6 Å². The molecule has 4 aromatic rings. The number of anilines is 2. The van der Waals surface area contributed by atoms with Gasteiger partial charge in [-0.3, -0.25) is 19.9 Å². The Bertz CT molecular complexity index is 1650. The maximum Gasteiger partial charge on any atom is 0.328 e. The SMILES string of the molecule is Cn1c(CNc2ccc(C(=N)N)cc2)nc2cc(C(=O)N(CCC(=O)O)c3ccccn3)ccc21.O=C(O)/C=C/C(=O)O. The summed E-state index contributed by atoms with van der Waals surface area (Å²) in [6, 6.07) is 17.6. The second kappa shape index (κ2) is 14.5. The van der Waals surface area contributed by atoms with Gasteiger partial charge in [-0.1, -0.05) is 6.07 Å². The van der Waals surface area contributed by atoms with Crippen molar-refractivity contribution in [3.63, 3.8) is 0 Å². The molecule has 0 saturated carbocycles. The molecular weight excluding hydrogens is 558 g/mol. The van der Waals surface area contributed by atoms with Crippen LogP contribution in [-0.2, 0) is 28.0 Å². The zero-order valence-corrected chi connectivity index (χ0v) is 23.0. The number of amidine groups is 1. The predicted molar refractivity (Wildman–Crippen MR) is 158 cm³/mol. The molecule has 222 valence electrons. The van der Waals surface area contributed by atoms with Gasteiger partial charge in [0.2, 0.25) is 0 Å². The van der Waals surface area contributed by atoms with Gasteiger partial charge in [0.1, 0.15) is 17.5 Å². The van der Waals surface area contributed by atoms with E-state index in [-0.39, 0.29) is 24.7 Å². The standard InChI is InChI=1S/C25H25N7O3.C4H4O4/c1-31-20-10-7-17(25(35)32(13-11-23(33)34)21-4-2-3-12-28-21)14-19(20)30-22(31)15-29-18-8-5-16(6-9-18)24(26)27;5-3(6)1-2-4(7)8/h2-10,12,14,29H,11,13,15H2,1H3,(H3,26,27)(H,33,34);1-2H,(H,5,6)(H,7,8)/b;2-1+. The summed E-state index contributed by atoms with van der Waals surface area (Å²) in [6.07, 6.45) is 2.48. The summed E-state index contributed by atoms with van der Waals surface area (Å²) < 4.78 is 1.95. The lowest BCUT2D eigenvalue weighted by molar-refractivity contribution is -0.137. The number of nitrogens with two attached hydrogens (primary N) is 1. The van der Waals surface area contributed by atoms with E-state index < -0.39 is 17.9 Å². The van der Waals surface area contributed by atoms with E-state index in [2.05, 4.69) is 15.3 Å². The number of aryl methyl sites for hydroxylation is 1. The predicted octanol–water partition coefficient (Wildman–Crippen LogP) is 2.70. The molecule has 0 spiro atoms. The number of aromatic nitrogens is 3. The van der Waals surface area contributed by atoms with Crippen molar-refractivity contribution in [2.24, 2.45) is 12.8 Å². The van der Waals surface area contributed by atoms with E-state index in [1.807, 2.05) is 29.8 Å². The Balaban J connectivity index is 0.000000557. The molecule has 0 saturated heterocycles. The van der Waals surface area contributed by atoms with Crippen molar-refractivity contribution >= 4 is 52.2 Å². The van der Waals surface area contributed by atoms with Gasteiger partial charge >= 0.3 is 17.9 Å². The number of carbonyl (C=O) groups excluding carboxylic acids is 1. The van der Waals surface area contributed by atoms with Crippen LogP contribution in [0.3, 0.4) is 0 Å². The highest BCUT2D eigenvalue weighted by Crippen LogP contribution is 2.21. The molecule has 0 atom stereocenters. The number of rotatable bonds is 11. The van der Waals surface area contributed by atoms with Gasteiger partial charge in [-0.25, -0.2) is 19.6 Å². The molecule has 0 bridgehead atoms. The number of aliphatic carboxylic acids is 3. The molecule has 2 heterocycles. The molecule has 0 aliphatic rings. The summed E-state index contributed by atoms with van der Waals surface area (Å²) in [5.74, 6) is -2.68. The fraction of sp³-hybridized carbons (Fsp3) is 0.138. The number of amides is 1. The van der Waals surface area contributed by atoms with Crippen LogP contribution in [-0.4, -0.2) is 66.1 Å². The lowest BCUT2D eigenvalue weighted by atomic mass is 10.1. The Hall–Kier alpha value is -6.05. The molecule has 43 heavy (non-hydrogen) atoms. The Morgan fingerprint density at radius 1 is 0.977 bits per heavy atom. The van der Waals surface area contributed by atoms with Crippen LogP contribution in [0.4, 0.5) is 11.5 Å². The second-order valence-corrected chi connectivity index (χ2v) is 8.93. The number of hydrogen-bond donors (Lipinski definition) is 6. The van der Waals surface area contributed by atoms with Gasteiger partial charge in [0, 0.05) is 48.8 Å². The number of carboxylic acids is 3. The first-order valence-corrected chi connectivity index (χ1v) is 12.7. The average Bonchev–Trinajstić information content (AvgIpc) is 3.30. The van der Waals surface area contributed by atoms with Gasteiger partial charge in [-0.2, -0.15) is 0 Å². The Labute approximate surface area is 245 Å². The number of pyridine rings is 1. The summed E-state index contributed by atoms with van der Waals surface area (Å²) in [4.78, 5) is 53.8. The van der Waals surface area contributed by atoms with Gasteiger partial charge in [0.15, 0.2) is 0 Å². The van der Waals surface area contributed by atoms with E-state index in [9.17, 15) is 19.2 Å². The zero-order chi connectivity index (χ0) is 31.5. The third kappa shape index (κ3) is 8.97. The first-order chi connectivity index (χ1) is 20.5. The summed E-state index contributed by atoms with van der Waals surface area (Å²) in [5, 5.41) is 35.5. The Morgan fingerprint density at radius 3 is 2.19 bits per heavy atom. The number of imidazole rings is 1. The van der Waals surface area contributed by atoms with Crippen molar-refractivity contribution in [1.82, 2.24) is 14.5 Å². The average molecular weight is 588 g/mol. The molecule has 7 N–H and O–H groups in total. The van der Waals surface area contributed by atoms with Crippen LogP contribution < -0.4 is 16.0 Å². The normalized spacial score (nSPS) is 10.5. The van der Waals surface area contributed by atoms with Gasteiger partial charge in [0.05, 0.1) is 24.0 Å². The fourth-order valence-corrected chi connectivity index (χ4v) is 3.83. The third-order valence-electron chi connectivity index (χ3n) is 5.96. The lowest BCUT2D eigenvalue weighted by Crippen LogP contribution is -2.33. The number of carboxylic acid groups (broad SMARTS) is 3. The van der Waals surface area contributed by atoms with E-state index in [1.54, 1.807) is 48.7 Å². The second-order valence-electron chi connectivity index (χ2n) is 8.93. The molecule has 0 aliphatic heterocycles. The number of nitrogens with zero attached hydrogens (tertiary/aromatic N) is 4. The molecule has 14 nitrogen and oxygen atoms in total. The molecular formula is C29H29N7O7. The van der Waals surface area contributed by atoms with Crippen LogP contribution in [0.15, 0.2) is 79.0 Å². The number of fused-ring (bicyclic) bond motifs is 1. The van der Waals surface area contributed by atoms with Crippen molar-refractivity contribution in [3.05, 3.63) is 96.0 Å². The highest BCUT2D eigenvalue weighted by molar-refractivity contribution is 6.07. The molecule has 1 amide bonds. The molecule has 0 fully saturated rings. The smallest absolute Gasteiger partial charge is 0.328 e. The zero-order valence-electron chi connectivity index (χ0n) is 23.0. The quantitative estimate of drug-likeness (QED) is 0.0849. The molecule has 4 rings (SSSR count). The Morgan fingerprint density at radius 2 is 1.63 bits per heavy atom. The number of carbonyl (C=O) groups is 4. The van der Waals surface area contributed by atoms with Crippen molar-refractivity contribution in [3.8, 4) is 0 Å². The maximum atomic E-state index is 13.3. The number of benzene rings is 2. The van der Waals surface area contributed by atoms with Gasteiger partial charge in [0.25, 0.3) is 5.91 Å². The minimum Gasteiger partial charge on any atom is -0.481 e. The van der Waals surface area contributed by atoms with E-state index in [1.165, 1.54) is 4.90 Å². The van der Waals surface area contributed by atoms with Crippen LogP contribution >= 0.6 is 0 Å². The number of nitrogen functional groups attached to an aromatic ring is 1. The highest BCUT2D eigenvalue weighted by Gasteiger charge is 2.21. The lowest BCUT2D eigenvalue weighted by Gasteiger charge is -2.21. The van der Waals surface area contributed by atoms with Crippen LogP contribution in [0.2, 0.25) is 0 Å². The number of nitrogens with one attached hydrogen (secondary N) is 2. The topological polar surface area (TPSA) is 225 Å². The summed E-state index contributed by atoms with van der Waals surface area (Å²) >= 11 is 0. The van der Waals surface area contributed by atoms with Crippen LogP contribution in [0.25, 0.3) is 11.0 Å². The van der Waals surface area contributed by atoms with E-state index in [0.29, 0.717) is 41.2 Å². The van der Waals surface area contributed by atoms with Crippen molar-refractivity contribution in [2.75, 3.05) is 16.8 Å². The molecule has 14 heteroatoms. The third-order valence-corrected chi connectivity index (χ3v) is 5.96. The molecule has 2 aromatic carbocycles. The minimum absolute atomic E-state index is 0.00300. The maximum absolute atomic E-state index is 13.3. The van der Waals surface area contributed by atoms with E-state index >= 15 is 0 Å². The largest absolute Gasteiger partial charge is 0.481 e. The van der Waals surface area contributed by atoms with Crippen LogP contribution in [0.1, 0.15) is 28.2 Å². The van der Waals surface area contributed by atoms with Crippen LogP contribution in [0, 0.1) is 5.41 Å². The molecule has 0 aliphatic carbocycles. The molecule has 2 aromatic heterocycles. The van der Waals surface area contributed by atoms with Crippen molar-refractivity contribution in [2.45, 2.75) is 13.0 Å². The monoisotopic (exact) mass is 587 g/mol. The van der Waals surface area contributed by atoms with Crippen molar-refractivity contribution in [1.29, 1.82) is 5.41 Å². The Kier molecular flexibility index (Phi) is 10.6.